The van der Waals surface area contributed by atoms with Gasteiger partial charge in [0, 0.05) is 32.1 Å². The quantitative estimate of drug-likeness (QED) is 0.771. The zero-order chi connectivity index (χ0) is 19.8. The molecule has 0 bridgehead atoms. The highest BCUT2D eigenvalue weighted by Crippen LogP contribution is 2.13. The van der Waals surface area contributed by atoms with Gasteiger partial charge in [0.1, 0.15) is 5.75 Å². The molecule has 0 aliphatic carbocycles. The van der Waals surface area contributed by atoms with Gasteiger partial charge in [-0.2, -0.15) is 0 Å². The number of amides is 2. The summed E-state index contributed by atoms with van der Waals surface area (Å²) in [6, 6.07) is 10.5. The minimum absolute atomic E-state index is 0.0275. The molecule has 5 nitrogen and oxygen atoms in total. The van der Waals surface area contributed by atoms with Crippen molar-refractivity contribution in [2.24, 2.45) is 0 Å². The van der Waals surface area contributed by atoms with Gasteiger partial charge in [-0.25, -0.2) is 8.78 Å². The highest BCUT2D eigenvalue weighted by molar-refractivity contribution is 5.94. The summed E-state index contributed by atoms with van der Waals surface area (Å²) in [4.78, 5) is 25.4. The number of nitrogens with one attached hydrogen (secondary N) is 1. The normalized spacial score (nSPS) is 10.4. The molecular formula is C20H22F2N2O3. The Bertz CT molecular complexity index is 812. The zero-order valence-corrected chi connectivity index (χ0v) is 15.3. The summed E-state index contributed by atoms with van der Waals surface area (Å²) in [6.07, 6.45) is 0.647. The summed E-state index contributed by atoms with van der Waals surface area (Å²) < 4.78 is 31.3. The molecule has 2 rings (SSSR count). The van der Waals surface area contributed by atoms with Crippen LogP contribution in [0.15, 0.2) is 42.5 Å². The Morgan fingerprint density at radius 2 is 1.85 bits per heavy atom. The van der Waals surface area contributed by atoms with E-state index in [4.69, 9.17) is 4.74 Å². The van der Waals surface area contributed by atoms with Crippen LogP contribution in [-0.2, 0) is 11.2 Å². The van der Waals surface area contributed by atoms with Crippen LogP contribution in [0.25, 0.3) is 0 Å². The van der Waals surface area contributed by atoms with Crippen LogP contribution < -0.4 is 10.1 Å². The van der Waals surface area contributed by atoms with Crippen molar-refractivity contribution in [1.29, 1.82) is 0 Å². The molecule has 2 amide bonds. The average Bonchev–Trinajstić information content (AvgIpc) is 2.66. The van der Waals surface area contributed by atoms with Crippen LogP contribution in [0.1, 0.15) is 22.8 Å². The summed E-state index contributed by atoms with van der Waals surface area (Å²) >= 11 is 0. The molecule has 27 heavy (non-hydrogen) atoms. The molecule has 0 saturated heterocycles. The van der Waals surface area contributed by atoms with Crippen LogP contribution in [0.2, 0.25) is 0 Å². The number of ether oxygens (including phenoxy) is 1. The van der Waals surface area contributed by atoms with Gasteiger partial charge >= 0.3 is 0 Å². The van der Waals surface area contributed by atoms with Crippen LogP contribution in [0, 0.1) is 11.6 Å². The fourth-order valence-electron chi connectivity index (χ4n) is 2.56. The number of rotatable bonds is 8. The van der Waals surface area contributed by atoms with Crippen LogP contribution in [0.3, 0.4) is 0 Å². The van der Waals surface area contributed by atoms with Gasteiger partial charge < -0.3 is 15.0 Å². The van der Waals surface area contributed by atoms with Crippen molar-refractivity contribution in [3.05, 3.63) is 65.2 Å². The Labute approximate surface area is 156 Å². The number of carbonyl (C=O) groups excluding carboxylic acids is 2. The fraction of sp³-hybridized carbons (Fsp3) is 0.300. The van der Waals surface area contributed by atoms with E-state index < -0.39 is 17.5 Å². The van der Waals surface area contributed by atoms with Gasteiger partial charge in [-0.1, -0.05) is 12.1 Å². The van der Waals surface area contributed by atoms with E-state index in [-0.39, 0.29) is 18.0 Å². The third-order valence-corrected chi connectivity index (χ3v) is 4.10. The minimum Gasteiger partial charge on any atom is -0.497 e. The maximum atomic E-state index is 13.2. The first-order valence-corrected chi connectivity index (χ1v) is 8.52. The molecule has 0 fully saturated rings. The van der Waals surface area contributed by atoms with Crippen molar-refractivity contribution in [3.63, 3.8) is 0 Å². The summed E-state index contributed by atoms with van der Waals surface area (Å²) in [5.41, 5.74) is 1.06. The lowest BCUT2D eigenvalue weighted by Crippen LogP contribution is -2.38. The number of carbonyl (C=O) groups is 2. The lowest BCUT2D eigenvalue weighted by atomic mass is 10.1. The van der Waals surface area contributed by atoms with Gasteiger partial charge in [-0.15, -0.1) is 0 Å². The molecule has 2 aromatic rings. The van der Waals surface area contributed by atoms with E-state index in [0.29, 0.717) is 19.5 Å². The molecule has 0 aliphatic rings. The number of nitrogens with zero attached hydrogens (tertiary/aromatic N) is 1. The molecule has 0 spiro atoms. The number of benzene rings is 2. The molecule has 0 unspecified atom stereocenters. The Balaban J connectivity index is 1.85. The van der Waals surface area contributed by atoms with Crippen LogP contribution in [-0.4, -0.2) is 43.5 Å². The molecule has 0 radical (unpaired) electrons. The summed E-state index contributed by atoms with van der Waals surface area (Å²) in [5.74, 6) is -1.97. The molecule has 0 aliphatic heterocycles. The van der Waals surface area contributed by atoms with Gasteiger partial charge in [0.25, 0.3) is 5.91 Å². The van der Waals surface area contributed by atoms with Gasteiger partial charge in [0.05, 0.1) is 7.11 Å². The van der Waals surface area contributed by atoms with E-state index in [1.165, 1.54) is 13.0 Å². The lowest BCUT2D eigenvalue weighted by molar-refractivity contribution is -0.128. The van der Waals surface area contributed by atoms with E-state index in [1.807, 2.05) is 24.3 Å². The predicted octanol–water partition coefficient (Wildman–Crippen LogP) is 2.79. The average molecular weight is 376 g/mol. The maximum Gasteiger partial charge on any atom is 0.251 e. The smallest absolute Gasteiger partial charge is 0.251 e. The largest absolute Gasteiger partial charge is 0.497 e. The van der Waals surface area contributed by atoms with Gasteiger partial charge in [-0.05, 0) is 42.3 Å². The van der Waals surface area contributed by atoms with Crippen molar-refractivity contribution < 1.29 is 23.1 Å². The van der Waals surface area contributed by atoms with E-state index in [1.54, 1.807) is 12.0 Å². The molecule has 144 valence electrons. The second-order valence-electron chi connectivity index (χ2n) is 5.99. The molecule has 2 aromatic carbocycles. The Kier molecular flexibility index (Phi) is 7.28. The number of hydrogen-bond acceptors (Lipinski definition) is 3. The van der Waals surface area contributed by atoms with E-state index in [2.05, 4.69) is 5.32 Å². The highest BCUT2D eigenvalue weighted by Gasteiger charge is 2.12. The van der Waals surface area contributed by atoms with Gasteiger partial charge in [0.15, 0.2) is 11.6 Å². The third-order valence-electron chi connectivity index (χ3n) is 4.10. The van der Waals surface area contributed by atoms with Crippen molar-refractivity contribution in [1.82, 2.24) is 10.2 Å². The molecule has 0 heterocycles. The lowest BCUT2D eigenvalue weighted by Gasteiger charge is -2.21. The highest BCUT2D eigenvalue weighted by atomic mass is 19.2. The number of hydrogen-bond donors (Lipinski definition) is 1. The number of methoxy groups -OCH3 is 1. The fourth-order valence-corrected chi connectivity index (χ4v) is 2.56. The first kappa shape index (κ1) is 20.4. The summed E-state index contributed by atoms with van der Waals surface area (Å²) in [5, 5.41) is 2.61. The van der Waals surface area contributed by atoms with E-state index in [9.17, 15) is 18.4 Å². The van der Waals surface area contributed by atoms with Crippen molar-refractivity contribution >= 4 is 11.8 Å². The monoisotopic (exact) mass is 376 g/mol. The Hall–Kier alpha value is -2.96. The standard InChI is InChI=1S/C20H22F2N2O3/c1-14(25)24(10-8-15-4-3-5-17(12-15)27-2)11-9-23-20(26)16-6-7-18(21)19(22)13-16/h3-7,12-13H,8-11H2,1-2H3,(H,23,26). The molecule has 0 saturated carbocycles. The SMILES string of the molecule is COc1cccc(CCN(CCNC(=O)c2ccc(F)c(F)c2)C(C)=O)c1. The van der Waals surface area contributed by atoms with Crippen molar-refractivity contribution in [3.8, 4) is 5.75 Å². The van der Waals surface area contributed by atoms with Crippen LogP contribution >= 0.6 is 0 Å². The predicted molar refractivity (Wildman–Crippen MR) is 97.6 cm³/mol. The third kappa shape index (κ3) is 6.06. The van der Waals surface area contributed by atoms with Gasteiger partial charge in [0.2, 0.25) is 5.91 Å². The topological polar surface area (TPSA) is 58.6 Å². The maximum absolute atomic E-state index is 13.2. The summed E-state index contributed by atoms with van der Waals surface area (Å²) in [7, 11) is 1.59. The second-order valence-corrected chi connectivity index (χ2v) is 5.99. The number of halogens is 2. The minimum atomic E-state index is -1.08. The molecule has 1 N–H and O–H groups in total. The Morgan fingerprint density at radius 3 is 2.52 bits per heavy atom. The van der Waals surface area contributed by atoms with Crippen LogP contribution in [0.4, 0.5) is 8.78 Å². The molecule has 0 aromatic heterocycles. The summed E-state index contributed by atoms with van der Waals surface area (Å²) in [6.45, 7) is 2.47. The Morgan fingerprint density at radius 1 is 1.07 bits per heavy atom. The van der Waals surface area contributed by atoms with Crippen molar-refractivity contribution in [2.45, 2.75) is 13.3 Å². The molecule has 0 atom stereocenters. The van der Waals surface area contributed by atoms with Gasteiger partial charge in [-0.3, -0.25) is 9.59 Å². The van der Waals surface area contributed by atoms with E-state index in [0.717, 1.165) is 23.4 Å². The second kappa shape index (κ2) is 9.66. The van der Waals surface area contributed by atoms with Crippen molar-refractivity contribution in [2.75, 3.05) is 26.7 Å². The first-order valence-electron chi connectivity index (χ1n) is 8.52. The molecular weight excluding hydrogens is 354 g/mol. The van der Waals surface area contributed by atoms with Crippen LogP contribution in [0.5, 0.6) is 5.75 Å². The molecule has 7 heteroatoms. The zero-order valence-electron chi connectivity index (χ0n) is 15.3. The van der Waals surface area contributed by atoms with E-state index >= 15 is 0 Å². The first-order chi connectivity index (χ1) is 12.9.